The van der Waals surface area contributed by atoms with E-state index in [4.69, 9.17) is 0 Å². The highest BCUT2D eigenvalue weighted by molar-refractivity contribution is 5.76. The van der Waals surface area contributed by atoms with Gasteiger partial charge in [-0.25, -0.2) is 4.79 Å². The number of amides is 2. The molecular formula is C12H26N4O. The maximum atomic E-state index is 11.3. The molecule has 0 aromatic rings. The predicted octanol–water partition coefficient (Wildman–Crippen LogP) is 0.187. The van der Waals surface area contributed by atoms with Gasteiger partial charge in [0, 0.05) is 38.8 Å². The van der Waals surface area contributed by atoms with E-state index in [0.29, 0.717) is 12.0 Å². The van der Waals surface area contributed by atoms with Crippen molar-refractivity contribution in [3.8, 4) is 0 Å². The van der Waals surface area contributed by atoms with Gasteiger partial charge in [-0.1, -0.05) is 13.8 Å². The molecule has 2 N–H and O–H groups in total. The van der Waals surface area contributed by atoms with Gasteiger partial charge in [0.05, 0.1) is 0 Å². The molecule has 17 heavy (non-hydrogen) atoms. The van der Waals surface area contributed by atoms with Crippen molar-refractivity contribution in [3.05, 3.63) is 0 Å². The summed E-state index contributed by atoms with van der Waals surface area (Å²) in [5.74, 6) is 0.602. The third-order valence-corrected chi connectivity index (χ3v) is 3.10. The smallest absolute Gasteiger partial charge is 0.317 e. The van der Waals surface area contributed by atoms with Crippen molar-refractivity contribution in [2.24, 2.45) is 5.92 Å². The topological polar surface area (TPSA) is 47.6 Å². The third-order valence-electron chi connectivity index (χ3n) is 3.10. The van der Waals surface area contributed by atoms with E-state index in [-0.39, 0.29) is 6.03 Å². The Morgan fingerprint density at radius 2 is 2.18 bits per heavy atom. The average molecular weight is 242 g/mol. The fourth-order valence-corrected chi connectivity index (χ4v) is 2.01. The summed E-state index contributed by atoms with van der Waals surface area (Å²) in [6.45, 7) is 8.76. The summed E-state index contributed by atoms with van der Waals surface area (Å²) in [7, 11) is 4.18. The number of nitrogens with one attached hydrogen (secondary N) is 2. The van der Waals surface area contributed by atoms with E-state index in [1.807, 2.05) is 4.90 Å². The van der Waals surface area contributed by atoms with Gasteiger partial charge >= 0.3 is 6.03 Å². The fourth-order valence-electron chi connectivity index (χ4n) is 2.01. The Hall–Kier alpha value is -0.810. The molecule has 1 heterocycles. The number of hydrogen-bond acceptors (Lipinski definition) is 3. The fraction of sp³-hybridized carbons (Fsp3) is 0.917. The minimum Gasteiger partial charge on any atom is -0.336 e. The summed E-state index contributed by atoms with van der Waals surface area (Å²) in [6.07, 6.45) is 0. The third kappa shape index (κ3) is 4.91. The molecule has 1 atom stereocenters. The molecule has 2 amide bonds. The highest BCUT2D eigenvalue weighted by Crippen LogP contribution is 2.03. The van der Waals surface area contributed by atoms with Crippen LogP contribution in [0, 0.1) is 5.92 Å². The second kappa shape index (κ2) is 6.81. The van der Waals surface area contributed by atoms with Crippen molar-refractivity contribution in [1.82, 2.24) is 20.4 Å². The highest BCUT2D eigenvalue weighted by Gasteiger charge is 2.19. The zero-order valence-corrected chi connectivity index (χ0v) is 11.5. The van der Waals surface area contributed by atoms with E-state index >= 15 is 0 Å². The minimum atomic E-state index is 0.0699. The van der Waals surface area contributed by atoms with Crippen molar-refractivity contribution in [1.29, 1.82) is 0 Å². The van der Waals surface area contributed by atoms with Crippen molar-refractivity contribution in [2.45, 2.75) is 19.9 Å². The van der Waals surface area contributed by atoms with Gasteiger partial charge in [0.15, 0.2) is 0 Å². The Balaban J connectivity index is 2.24. The second-order valence-electron chi connectivity index (χ2n) is 5.29. The van der Waals surface area contributed by atoms with E-state index < -0.39 is 0 Å². The molecule has 1 saturated heterocycles. The van der Waals surface area contributed by atoms with Crippen molar-refractivity contribution >= 4 is 6.03 Å². The summed E-state index contributed by atoms with van der Waals surface area (Å²) in [5, 5.41) is 6.35. The van der Waals surface area contributed by atoms with E-state index in [1.54, 1.807) is 0 Å². The first-order valence-corrected chi connectivity index (χ1v) is 6.41. The van der Waals surface area contributed by atoms with Gasteiger partial charge < -0.3 is 20.4 Å². The summed E-state index contributed by atoms with van der Waals surface area (Å²) in [4.78, 5) is 15.4. The standard InChI is InChI=1S/C12H26N4O/c1-10(2)11(9-15(3)4)13-5-7-16-8-6-14-12(16)17/h10-11,13H,5-9H2,1-4H3,(H,14,17). The first-order chi connectivity index (χ1) is 8.00. The van der Waals surface area contributed by atoms with Crippen LogP contribution < -0.4 is 10.6 Å². The first-order valence-electron chi connectivity index (χ1n) is 6.41. The zero-order chi connectivity index (χ0) is 12.8. The molecule has 0 saturated carbocycles. The number of rotatable bonds is 7. The monoisotopic (exact) mass is 242 g/mol. The number of carbonyl (C=O) groups excluding carboxylic acids is 1. The molecule has 5 nitrogen and oxygen atoms in total. The molecule has 1 unspecified atom stereocenters. The van der Waals surface area contributed by atoms with E-state index in [1.165, 1.54) is 0 Å². The quantitative estimate of drug-likeness (QED) is 0.670. The molecule has 0 aliphatic carbocycles. The Kier molecular flexibility index (Phi) is 5.71. The Morgan fingerprint density at radius 1 is 1.47 bits per heavy atom. The van der Waals surface area contributed by atoms with Gasteiger partial charge in [-0.15, -0.1) is 0 Å². The van der Waals surface area contributed by atoms with Gasteiger partial charge in [-0.2, -0.15) is 0 Å². The van der Waals surface area contributed by atoms with Gasteiger partial charge in [0.25, 0.3) is 0 Å². The second-order valence-corrected chi connectivity index (χ2v) is 5.29. The van der Waals surface area contributed by atoms with E-state index in [0.717, 1.165) is 32.7 Å². The maximum absolute atomic E-state index is 11.3. The van der Waals surface area contributed by atoms with E-state index in [9.17, 15) is 4.79 Å². The molecule has 0 radical (unpaired) electrons. The van der Waals surface area contributed by atoms with Crippen LogP contribution in [0.4, 0.5) is 4.79 Å². The minimum absolute atomic E-state index is 0.0699. The summed E-state index contributed by atoms with van der Waals surface area (Å²) >= 11 is 0. The van der Waals surface area contributed by atoms with E-state index in [2.05, 4.69) is 43.5 Å². The van der Waals surface area contributed by atoms with Crippen LogP contribution in [0.2, 0.25) is 0 Å². The Bertz CT molecular complexity index is 243. The van der Waals surface area contributed by atoms with Gasteiger partial charge in [-0.05, 0) is 20.0 Å². The largest absolute Gasteiger partial charge is 0.336 e. The molecule has 1 fully saturated rings. The molecular weight excluding hydrogens is 216 g/mol. The lowest BCUT2D eigenvalue weighted by Crippen LogP contribution is -2.45. The maximum Gasteiger partial charge on any atom is 0.317 e. The number of carbonyl (C=O) groups is 1. The van der Waals surface area contributed by atoms with Crippen molar-refractivity contribution < 1.29 is 4.79 Å². The predicted molar refractivity (Wildman–Crippen MR) is 70.2 cm³/mol. The van der Waals surface area contributed by atoms with Crippen LogP contribution in [0.3, 0.4) is 0 Å². The van der Waals surface area contributed by atoms with Crippen LogP contribution in [-0.4, -0.2) is 68.7 Å². The molecule has 0 spiro atoms. The lowest BCUT2D eigenvalue weighted by Gasteiger charge is -2.26. The van der Waals surface area contributed by atoms with Crippen LogP contribution in [0.25, 0.3) is 0 Å². The number of urea groups is 1. The normalized spacial score (nSPS) is 18.0. The van der Waals surface area contributed by atoms with Crippen LogP contribution in [-0.2, 0) is 0 Å². The molecule has 0 bridgehead atoms. The number of likely N-dealkylation sites (N-methyl/N-ethyl adjacent to an activating group) is 1. The van der Waals surface area contributed by atoms with Crippen LogP contribution >= 0.6 is 0 Å². The molecule has 100 valence electrons. The van der Waals surface area contributed by atoms with Crippen LogP contribution in [0.1, 0.15) is 13.8 Å². The lowest BCUT2D eigenvalue weighted by molar-refractivity contribution is 0.214. The lowest BCUT2D eigenvalue weighted by atomic mass is 10.0. The molecule has 0 aromatic carbocycles. The molecule has 0 aromatic heterocycles. The Morgan fingerprint density at radius 3 is 2.65 bits per heavy atom. The van der Waals surface area contributed by atoms with Crippen LogP contribution in [0.5, 0.6) is 0 Å². The first kappa shape index (κ1) is 14.3. The average Bonchev–Trinajstić information content (AvgIpc) is 2.62. The summed E-state index contributed by atoms with van der Waals surface area (Å²) in [5.41, 5.74) is 0. The van der Waals surface area contributed by atoms with Crippen molar-refractivity contribution in [2.75, 3.05) is 46.8 Å². The molecule has 1 rings (SSSR count). The molecule has 1 aliphatic heterocycles. The molecule has 1 aliphatic rings. The number of hydrogen-bond donors (Lipinski definition) is 2. The van der Waals surface area contributed by atoms with Gasteiger partial charge in [0.2, 0.25) is 0 Å². The van der Waals surface area contributed by atoms with Gasteiger partial charge in [-0.3, -0.25) is 0 Å². The summed E-state index contributed by atoms with van der Waals surface area (Å²) < 4.78 is 0. The van der Waals surface area contributed by atoms with Gasteiger partial charge in [0.1, 0.15) is 0 Å². The SMILES string of the molecule is CC(C)C(CN(C)C)NCCN1CCNC1=O. The number of nitrogens with zero attached hydrogens (tertiary/aromatic N) is 2. The van der Waals surface area contributed by atoms with Crippen molar-refractivity contribution in [3.63, 3.8) is 0 Å². The van der Waals surface area contributed by atoms with Crippen LogP contribution in [0.15, 0.2) is 0 Å². The zero-order valence-electron chi connectivity index (χ0n) is 11.5. The summed E-state index contributed by atoms with van der Waals surface area (Å²) in [6, 6.07) is 0.552. The Labute approximate surface area is 105 Å². The molecule has 5 heteroatoms. The highest BCUT2D eigenvalue weighted by atomic mass is 16.2.